The molecule has 0 aromatic heterocycles. The summed E-state index contributed by atoms with van der Waals surface area (Å²) >= 11 is 0. The van der Waals surface area contributed by atoms with E-state index in [1.807, 2.05) is 6.92 Å². The molecule has 0 atom stereocenters. The monoisotopic (exact) mass is 250 g/mol. The predicted molar refractivity (Wildman–Crippen MR) is 71.2 cm³/mol. The van der Waals surface area contributed by atoms with Crippen LogP contribution < -0.4 is 15.8 Å². The van der Waals surface area contributed by atoms with E-state index in [0.717, 1.165) is 0 Å². The zero-order valence-corrected chi connectivity index (χ0v) is 10.6. The molecular formula is C12H18N4O2. The molecule has 6 heteroatoms. The topological polar surface area (TPSA) is 91.4 Å². The number of urea groups is 1. The van der Waals surface area contributed by atoms with Gasteiger partial charge in [-0.05, 0) is 31.2 Å². The predicted octanol–water partition coefficient (Wildman–Crippen LogP) is 1.48. The molecule has 0 fully saturated rings. The van der Waals surface area contributed by atoms with Crippen molar-refractivity contribution in [1.29, 1.82) is 5.41 Å². The Labute approximate surface area is 106 Å². The smallest absolute Gasteiger partial charge is 0.321 e. The van der Waals surface area contributed by atoms with Gasteiger partial charge in [-0.15, -0.1) is 0 Å². The quantitative estimate of drug-likeness (QED) is 0.546. The Hall–Kier alpha value is -2.24. The summed E-state index contributed by atoms with van der Waals surface area (Å²) in [6.45, 7) is 2.61. The third-order valence-corrected chi connectivity index (χ3v) is 2.32. The number of nitrogens with one attached hydrogen (secondary N) is 2. The first-order valence-corrected chi connectivity index (χ1v) is 5.60. The van der Waals surface area contributed by atoms with E-state index >= 15 is 0 Å². The highest BCUT2D eigenvalue weighted by Gasteiger charge is 2.06. The van der Waals surface area contributed by atoms with Gasteiger partial charge in [-0.2, -0.15) is 0 Å². The Balaban J connectivity index is 2.55. The number of amidine groups is 1. The molecule has 1 aromatic carbocycles. The summed E-state index contributed by atoms with van der Waals surface area (Å²) in [7, 11) is 1.72. The van der Waals surface area contributed by atoms with E-state index in [-0.39, 0.29) is 18.5 Å². The fourth-order valence-electron chi connectivity index (χ4n) is 1.16. The number of ether oxygens (including phenoxy) is 1. The maximum absolute atomic E-state index is 11.6. The first-order valence-electron chi connectivity index (χ1n) is 5.60. The van der Waals surface area contributed by atoms with Gasteiger partial charge in [-0.25, -0.2) is 4.79 Å². The number of benzene rings is 1. The molecule has 1 rings (SSSR count). The van der Waals surface area contributed by atoms with Crippen molar-refractivity contribution in [3.8, 4) is 5.75 Å². The Morgan fingerprint density at radius 2 is 2.06 bits per heavy atom. The van der Waals surface area contributed by atoms with Gasteiger partial charge >= 0.3 is 6.03 Å². The van der Waals surface area contributed by atoms with Crippen molar-refractivity contribution in [1.82, 2.24) is 4.90 Å². The molecule has 0 radical (unpaired) electrons. The Morgan fingerprint density at radius 3 is 2.56 bits per heavy atom. The number of nitrogens with two attached hydrogens (primary N) is 1. The first kappa shape index (κ1) is 13.8. The molecule has 0 aliphatic carbocycles. The lowest BCUT2D eigenvalue weighted by molar-refractivity contribution is 0.224. The maximum atomic E-state index is 11.6. The standard InChI is InChI=1S/C12H18N4O2/c1-3-16(2)12(17)15-9-4-6-10(7-5-9)18-8-11(13)14/h4-7H,3,8H2,1-2H3,(H3,13,14)(H,15,17). The van der Waals surface area contributed by atoms with Crippen LogP contribution in [0.4, 0.5) is 10.5 Å². The second-order valence-electron chi connectivity index (χ2n) is 3.78. The van der Waals surface area contributed by atoms with E-state index in [1.54, 1.807) is 36.2 Å². The van der Waals surface area contributed by atoms with Gasteiger partial charge < -0.3 is 20.7 Å². The van der Waals surface area contributed by atoms with Crippen LogP contribution in [0, 0.1) is 5.41 Å². The van der Waals surface area contributed by atoms with Gasteiger partial charge in [0.25, 0.3) is 0 Å². The molecular weight excluding hydrogens is 232 g/mol. The van der Waals surface area contributed by atoms with E-state index in [2.05, 4.69) is 5.32 Å². The van der Waals surface area contributed by atoms with Gasteiger partial charge in [-0.1, -0.05) is 0 Å². The molecule has 0 saturated carbocycles. The van der Waals surface area contributed by atoms with Gasteiger partial charge in [0.1, 0.15) is 18.2 Å². The normalized spacial score (nSPS) is 9.67. The molecule has 18 heavy (non-hydrogen) atoms. The minimum absolute atomic E-state index is 0.0306. The van der Waals surface area contributed by atoms with Crippen molar-refractivity contribution in [2.24, 2.45) is 5.73 Å². The summed E-state index contributed by atoms with van der Waals surface area (Å²) in [4.78, 5) is 13.2. The second-order valence-corrected chi connectivity index (χ2v) is 3.78. The zero-order chi connectivity index (χ0) is 13.5. The number of carbonyl (C=O) groups is 1. The number of nitrogens with zero attached hydrogens (tertiary/aromatic N) is 1. The maximum Gasteiger partial charge on any atom is 0.321 e. The van der Waals surface area contributed by atoms with Crippen LogP contribution >= 0.6 is 0 Å². The lowest BCUT2D eigenvalue weighted by Crippen LogP contribution is -2.30. The number of rotatable bonds is 5. The largest absolute Gasteiger partial charge is 0.486 e. The van der Waals surface area contributed by atoms with Crippen LogP contribution in [0.5, 0.6) is 5.75 Å². The van der Waals surface area contributed by atoms with Crippen LogP contribution in [-0.4, -0.2) is 37.0 Å². The molecule has 0 bridgehead atoms. The van der Waals surface area contributed by atoms with Gasteiger partial charge in [-0.3, -0.25) is 5.41 Å². The zero-order valence-electron chi connectivity index (χ0n) is 10.6. The Morgan fingerprint density at radius 1 is 1.44 bits per heavy atom. The average Bonchev–Trinajstić information content (AvgIpc) is 2.36. The van der Waals surface area contributed by atoms with Crippen molar-refractivity contribution < 1.29 is 9.53 Å². The molecule has 0 spiro atoms. The van der Waals surface area contributed by atoms with E-state index in [0.29, 0.717) is 18.0 Å². The van der Waals surface area contributed by atoms with Gasteiger partial charge in [0.15, 0.2) is 0 Å². The van der Waals surface area contributed by atoms with Crippen molar-refractivity contribution in [3.63, 3.8) is 0 Å². The second kappa shape index (κ2) is 6.48. The van der Waals surface area contributed by atoms with Gasteiger partial charge in [0.2, 0.25) is 0 Å². The van der Waals surface area contributed by atoms with Crippen LogP contribution in [0.15, 0.2) is 24.3 Å². The van der Waals surface area contributed by atoms with E-state index in [1.165, 1.54) is 0 Å². The number of hydrogen-bond donors (Lipinski definition) is 3. The third-order valence-electron chi connectivity index (χ3n) is 2.32. The molecule has 1 aromatic rings. The van der Waals surface area contributed by atoms with Crippen LogP contribution in [0.1, 0.15) is 6.92 Å². The average molecular weight is 250 g/mol. The van der Waals surface area contributed by atoms with Crippen molar-refractivity contribution >= 4 is 17.6 Å². The Kier molecular flexibility index (Phi) is 4.98. The molecule has 6 nitrogen and oxygen atoms in total. The van der Waals surface area contributed by atoms with E-state index in [9.17, 15) is 4.79 Å². The van der Waals surface area contributed by atoms with Crippen LogP contribution in [-0.2, 0) is 0 Å². The number of anilines is 1. The molecule has 0 aliphatic heterocycles. The van der Waals surface area contributed by atoms with Crippen molar-refractivity contribution in [2.45, 2.75) is 6.92 Å². The van der Waals surface area contributed by atoms with E-state index in [4.69, 9.17) is 15.9 Å². The van der Waals surface area contributed by atoms with E-state index < -0.39 is 0 Å². The minimum atomic E-state index is -0.157. The highest BCUT2D eigenvalue weighted by atomic mass is 16.5. The van der Waals surface area contributed by atoms with Crippen molar-refractivity contribution in [3.05, 3.63) is 24.3 Å². The van der Waals surface area contributed by atoms with Gasteiger partial charge in [0, 0.05) is 19.3 Å². The lowest BCUT2D eigenvalue weighted by atomic mass is 10.3. The fourth-order valence-corrected chi connectivity index (χ4v) is 1.16. The summed E-state index contributed by atoms with van der Waals surface area (Å²) in [5.41, 5.74) is 5.87. The SMILES string of the molecule is CCN(C)C(=O)Nc1ccc(OCC(=N)N)cc1. The highest BCUT2D eigenvalue weighted by Crippen LogP contribution is 2.15. The summed E-state index contributed by atoms with van der Waals surface area (Å²) < 4.78 is 5.22. The number of hydrogen-bond acceptors (Lipinski definition) is 3. The van der Waals surface area contributed by atoms with Crippen LogP contribution in [0.3, 0.4) is 0 Å². The van der Waals surface area contributed by atoms with Crippen LogP contribution in [0.25, 0.3) is 0 Å². The molecule has 4 N–H and O–H groups in total. The van der Waals surface area contributed by atoms with Crippen molar-refractivity contribution in [2.75, 3.05) is 25.5 Å². The third kappa shape index (κ3) is 4.32. The number of amides is 2. The highest BCUT2D eigenvalue weighted by molar-refractivity contribution is 5.89. The Bertz CT molecular complexity index is 417. The molecule has 0 heterocycles. The summed E-state index contributed by atoms with van der Waals surface area (Å²) in [6, 6.07) is 6.73. The summed E-state index contributed by atoms with van der Waals surface area (Å²) in [5.74, 6) is 0.573. The summed E-state index contributed by atoms with van der Waals surface area (Å²) in [6.07, 6.45) is 0. The lowest BCUT2D eigenvalue weighted by Gasteiger charge is -2.15. The first-order chi connectivity index (χ1) is 8.52. The van der Waals surface area contributed by atoms with Gasteiger partial charge in [0.05, 0.1) is 0 Å². The molecule has 0 aliphatic rings. The molecule has 0 unspecified atom stereocenters. The van der Waals surface area contributed by atoms with Crippen LogP contribution in [0.2, 0.25) is 0 Å². The minimum Gasteiger partial charge on any atom is -0.486 e. The number of carbonyl (C=O) groups excluding carboxylic acids is 1. The molecule has 0 saturated heterocycles. The summed E-state index contributed by atoms with van der Waals surface area (Å²) in [5, 5.41) is 9.79. The molecule has 98 valence electrons. The molecule has 2 amide bonds. The fraction of sp³-hybridized carbons (Fsp3) is 0.333.